The van der Waals surface area contributed by atoms with E-state index in [0.29, 0.717) is 5.56 Å². The van der Waals surface area contributed by atoms with Gasteiger partial charge in [0.25, 0.3) is 5.91 Å². The minimum Gasteiger partial charge on any atom is -0.367 e. The fourth-order valence-corrected chi connectivity index (χ4v) is 4.60. The third-order valence-corrected chi connectivity index (χ3v) is 6.46. The highest BCUT2D eigenvalue weighted by molar-refractivity contribution is 5.98. The van der Waals surface area contributed by atoms with Crippen molar-refractivity contribution in [1.29, 1.82) is 0 Å². The molecule has 0 spiro atoms. The molecular weight excluding hydrogens is 390 g/mol. The number of aryl methyl sites for hydroxylation is 1. The van der Waals surface area contributed by atoms with E-state index in [1.807, 2.05) is 25.2 Å². The predicted octanol–water partition coefficient (Wildman–Crippen LogP) is 1.85. The molecule has 31 heavy (non-hydrogen) atoms. The fourth-order valence-electron chi connectivity index (χ4n) is 4.60. The second-order valence-corrected chi connectivity index (χ2v) is 8.67. The zero-order chi connectivity index (χ0) is 20.9. The van der Waals surface area contributed by atoms with E-state index in [1.54, 1.807) is 0 Å². The van der Waals surface area contributed by atoms with Gasteiger partial charge in [0.05, 0.1) is 23.4 Å². The summed E-state index contributed by atoms with van der Waals surface area (Å²) in [4.78, 5) is 20.1. The highest BCUT2D eigenvalue weighted by Gasteiger charge is 2.25. The second kappa shape index (κ2) is 7.25. The van der Waals surface area contributed by atoms with Gasteiger partial charge in [0, 0.05) is 50.4 Å². The number of rotatable bonds is 5. The van der Waals surface area contributed by atoms with Crippen molar-refractivity contribution in [2.75, 3.05) is 38.0 Å². The van der Waals surface area contributed by atoms with E-state index in [2.05, 4.69) is 48.2 Å². The van der Waals surface area contributed by atoms with E-state index < -0.39 is 0 Å². The Morgan fingerprint density at radius 2 is 2.19 bits per heavy atom. The number of benzene rings is 1. The zero-order valence-corrected chi connectivity index (χ0v) is 17.7. The fraction of sp³-hybridized carbons (Fsp3) is 0.391. The van der Waals surface area contributed by atoms with Crippen molar-refractivity contribution in [1.82, 2.24) is 29.7 Å². The van der Waals surface area contributed by atoms with Crippen LogP contribution in [0.2, 0.25) is 0 Å². The SMILES string of the molecule is Cn1c(-c2cc3c(n2CN2CC2)NCC=C3)nc2cc(C(=O)N[C@H]3CCNC3)ccc21. The summed E-state index contributed by atoms with van der Waals surface area (Å²) in [6.45, 7) is 5.77. The van der Waals surface area contributed by atoms with Crippen LogP contribution in [0.1, 0.15) is 22.3 Å². The molecule has 3 aliphatic heterocycles. The van der Waals surface area contributed by atoms with Crippen molar-refractivity contribution in [3.8, 4) is 11.5 Å². The normalized spacial score (nSPS) is 20.1. The first-order chi connectivity index (χ1) is 15.2. The van der Waals surface area contributed by atoms with E-state index in [9.17, 15) is 4.79 Å². The van der Waals surface area contributed by atoms with Crippen molar-refractivity contribution < 1.29 is 4.79 Å². The lowest BCUT2D eigenvalue weighted by Crippen LogP contribution is -2.36. The van der Waals surface area contributed by atoms with Crippen LogP contribution in [0.4, 0.5) is 5.82 Å². The summed E-state index contributed by atoms with van der Waals surface area (Å²) in [7, 11) is 2.05. The molecule has 160 valence electrons. The van der Waals surface area contributed by atoms with Gasteiger partial charge in [-0.1, -0.05) is 12.2 Å². The first-order valence-electron chi connectivity index (χ1n) is 11.0. The lowest BCUT2D eigenvalue weighted by Gasteiger charge is -2.16. The standard InChI is InChI=1S/C23H27N7O/c1-28-19-5-4-16(23(31)26-17-6-8-24-13-17)11-18(19)27-22(28)20-12-15-3-2-7-25-21(15)30(20)14-29-9-10-29/h2-5,11-12,17,24-25H,6-10,13-14H2,1H3,(H,26,31)/t17-/m0/s1. The summed E-state index contributed by atoms with van der Waals surface area (Å²) in [5, 5.41) is 9.93. The molecule has 8 nitrogen and oxygen atoms in total. The number of fused-ring (bicyclic) bond motifs is 2. The summed E-state index contributed by atoms with van der Waals surface area (Å²) in [6.07, 6.45) is 5.30. The van der Waals surface area contributed by atoms with Crippen LogP contribution in [0.15, 0.2) is 30.3 Å². The molecule has 6 rings (SSSR count). The molecule has 0 radical (unpaired) electrons. The minimum absolute atomic E-state index is 0.0301. The molecule has 1 amide bonds. The van der Waals surface area contributed by atoms with Crippen molar-refractivity contribution >= 4 is 28.8 Å². The highest BCUT2D eigenvalue weighted by atomic mass is 16.1. The quantitative estimate of drug-likeness (QED) is 0.552. The van der Waals surface area contributed by atoms with Crippen LogP contribution in [0.5, 0.6) is 0 Å². The Labute approximate surface area is 180 Å². The maximum Gasteiger partial charge on any atom is 0.251 e. The second-order valence-electron chi connectivity index (χ2n) is 8.67. The summed E-state index contributed by atoms with van der Waals surface area (Å²) in [5.41, 5.74) is 4.82. The number of carbonyl (C=O) groups is 1. The molecule has 3 aromatic rings. The lowest BCUT2D eigenvalue weighted by molar-refractivity contribution is 0.0940. The zero-order valence-electron chi connectivity index (χ0n) is 17.7. The van der Waals surface area contributed by atoms with Crippen LogP contribution in [-0.2, 0) is 13.7 Å². The molecule has 0 bridgehead atoms. The maximum atomic E-state index is 12.7. The summed E-state index contributed by atoms with van der Waals surface area (Å²) in [5.74, 6) is 2.04. The van der Waals surface area contributed by atoms with E-state index >= 15 is 0 Å². The summed E-state index contributed by atoms with van der Waals surface area (Å²) in [6, 6.07) is 8.23. The molecule has 8 heteroatoms. The van der Waals surface area contributed by atoms with Gasteiger partial charge in [0.15, 0.2) is 5.82 Å². The minimum atomic E-state index is -0.0301. The van der Waals surface area contributed by atoms with Gasteiger partial charge in [-0.2, -0.15) is 0 Å². The van der Waals surface area contributed by atoms with E-state index in [-0.39, 0.29) is 11.9 Å². The number of hydrogen-bond donors (Lipinski definition) is 3. The Kier molecular flexibility index (Phi) is 4.36. The Morgan fingerprint density at radius 3 is 3.00 bits per heavy atom. The third-order valence-electron chi connectivity index (χ3n) is 6.46. The van der Waals surface area contributed by atoms with Crippen LogP contribution in [0, 0.1) is 0 Å². The first-order valence-corrected chi connectivity index (χ1v) is 11.0. The summed E-state index contributed by atoms with van der Waals surface area (Å²) >= 11 is 0. The van der Waals surface area contributed by atoms with Crippen molar-refractivity contribution in [2.45, 2.75) is 19.1 Å². The number of nitrogens with zero attached hydrogens (tertiary/aromatic N) is 4. The van der Waals surface area contributed by atoms with Gasteiger partial charge in [0.1, 0.15) is 5.82 Å². The smallest absolute Gasteiger partial charge is 0.251 e. The molecule has 0 saturated carbocycles. The first kappa shape index (κ1) is 18.7. The molecule has 3 aliphatic rings. The van der Waals surface area contributed by atoms with Crippen LogP contribution in [0.25, 0.3) is 28.6 Å². The van der Waals surface area contributed by atoms with Gasteiger partial charge >= 0.3 is 0 Å². The van der Waals surface area contributed by atoms with Crippen molar-refractivity contribution in [2.24, 2.45) is 7.05 Å². The Bertz CT molecular complexity index is 1190. The predicted molar refractivity (Wildman–Crippen MR) is 122 cm³/mol. The van der Waals surface area contributed by atoms with Gasteiger partial charge in [-0.05, 0) is 37.2 Å². The van der Waals surface area contributed by atoms with Crippen LogP contribution < -0.4 is 16.0 Å². The van der Waals surface area contributed by atoms with Crippen LogP contribution >= 0.6 is 0 Å². The number of amides is 1. The average Bonchev–Trinajstić information content (AvgIpc) is 3.17. The van der Waals surface area contributed by atoms with Gasteiger partial charge in [-0.25, -0.2) is 4.98 Å². The Balaban J connectivity index is 1.38. The van der Waals surface area contributed by atoms with Gasteiger partial charge in [0.2, 0.25) is 0 Å². The molecule has 2 aromatic heterocycles. The number of nitrogens with one attached hydrogen (secondary N) is 3. The third kappa shape index (κ3) is 3.32. The Morgan fingerprint density at radius 1 is 1.29 bits per heavy atom. The molecule has 0 unspecified atom stereocenters. The van der Waals surface area contributed by atoms with E-state index in [4.69, 9.17) is 4.98 Å². The molecule has 1 aromatic carbocycles. The number of carbonyl (C=O) groups excluding carboxylic acids is 1. The maximum absolute atomic E-state index is 12.7. The van der Waals surface area contributed by atoms with Gasteiger partial charge < -0.3 is 25.1 Å². The topological polar surface area (TPSA) is 78.9 Å². The molecule has 1 atom stereocenters. The highest BCUT2D eigenvalue weighted by Crippen LogP contribution is 2.34. The average molecular weight is 418 g/mol. The van der Waals surface area contributed by atoms with Crippen LogP contribution in [-0.4, -0.2) is 63.7 Å². The molecule has 3 N–H and O–H groups in total. The molecule has 5 heterocycles. The largest absolute Gasteiger partial charge is 0.367 e. The van der Waals surface area contributed by atoms with Gasteiger partial charge in [-0.3, -0.25) is 9.69 Å². The number of imidazole rings is 1. The monoisotopic (exact) mass is 417 g/mol. The molecular formula is C23H27N7O. The number of hydrogen-bond acceptors (Lipinski definition) is 5. The molecule has 0 aliphatic carbocycles. The van der Waals surface area contributed by atoms with Gasteiger partial charge in [-0.15, -0.1) is 0 Å². The molecule has 2 fully saturated rings. The van der Waals surface area contributed by atoms with E-state index in [1.165, 1.54) is 5.56 Å². The van der Waals surface area contributed by atoms with E-state index in [0.717, 1.165) is 74.2 Å². The van der Waals surface area contributed by atoms with Crippen molar-refractivity contribution in [3.05, 3.63) is 41.5 Å². The lowest BCUT2D eigenvalue weighted by atomic mass is 10.1. The van der Waals surface area contributed by atoms with Crippen molar-refractivity contribution in [3.63, 3.8) is 0 Å². The summed E-state index contributed by atoms with van der Waals surface area (Å²) < 4.78 is 4.45. The number of anilines is 1. The molecule has 2 saturated heterocycles. The van der Waals surface area contributed by atoms with Crippen LogP contribution in [0.3, 0.4) is 0 Å². The Hall–Kier alpha value is -3.10. The number of aromatic nitrogens is 3.